The summed E-state index contributed by atoms with van der Waals surface area (Å²) in [6.45, 7) is 6.47. The summed E-state index contributed by atoms with van der Waals surface area (Å²) in [4.78, 5) is 0. The van der Waals surface area contributed by atoms with Crippen LogP contribution in [-0.2, 0) is 6.42 Å². The molecule has 1 aliphatic rings. The van der Waals surface area contributed by atoms with Crippen LogP contribution in [0.1, 0.15) is 39.2 Å². The van der Waals surface area contributed by atoms with Crippen molar-refractivity contribution in [3.63, 3.8) is 0 Å². The van der Waals surface area contributed by atoms with Crippen LogP contribution in [-0.4, -0.2) is 22.8 Å². The molecule has 134 valence electrons. The lowest BCUT2D eigenvalue weighted by Crippen LogP contribution is -2.47. The number of aliphatic hydroxyl groups is 1. The standard InChI is InChI=1S/C22H28ClNO/c1-22(2,3)24-20-13-16(14-21(20)25)12-15-4-6-17(7-5-15)18-8-10-19(23)11-9-18/h4-11,16,20-21,24-25H,12-14H2,1-3H3/t16-,20-,21-/m1/s1. The van der Waals surface area contributed by atoms with E-state index in [1.54, 1.807) is 0 Å². The number of hydrogen-bond donors (Lipinski definition) is 2. The molecule has 2 N–H and O–H groups in total. The lowest BCUT2D eigenvalue weighted by atomic mass is 9.95. The Bertz CT molecular complexity index is 687. The Labute approximate surface area is 156 Å². The number of halogens is 1. The maximum Gasteiger partial charge on any atom is 0.0696 e. The predicted octanol–water partition coefficient (Wildman–Crippen LogP) is 5.08. The van der Waals surface area contributed by atoms with Crippen molar-refractivity contribution in [1.82, 2.24) is 5.32 Å². The molecule has 0 amide bonds. The molecule has 2 aromatic rings. The molecule has 0 heterocycles. The summed E-state index contributed by atoms with van der Waals surface area (Å²) in [5.41, 5.74) is 3.77. The fraction of sp³-hybridized carbons (Fsp3) is 0.455. The molecule has 0 bridgehead atoms. The number of hydrogen-bond acceptors (Lipinski definition) is 2. The quantitative estimate of drug-likeness (QED) is 0.800. The second kappa shape index (κ2) is 7.49. The monoisotopic (exact) mass is 357 g/mol. The van der Waals surface area contributed by atoms with E-state index in [-0.39, 0.29) is 17.7 Å². The first kappa shape index (κ1) is 18.4. The van der Waals surface area contributed by atoms with E-state index in [0.29, 0.717) is 5.92 Å². The summed E-state index contributed by atoms with van der Waals surface area (Å²) in [6, 6.07) is 16.9. The molecule has 1 saturated carbocycles. The Balaban J connectivity index is 1.61. The van der Waals surface area contributed by atoms with Crippen LogP contribution in [0, 0.1) is 5.92 Å². The topological polar surface area (TPSA) is 32.3 Å². The van der Waals surface area contributed by atoms with Gasteiger partial charge in [0, 0.05) is 16.6 Å². The van der Waals surface area contributed by atoms with Crippen LogP contribution in [0.25, 0.3) is 11.1 Å². The first-order valence-electron chi connectivity index (χ1n) is 9.11. The van der Waals surface area contributed by atoms with Crippen LogP contribution in [0.2, 0.25) is 5.02 Å². The molecular formula is C22H28ClNO. The van der Waals surface area contributed by atoms with E-state index in [2.05, 4.69) is 50.4 Å². The SMILES string of the molecule is CC(C)(C)N[C@@H]1C[C@@H](Cc2ccc(-c3ccc(Cl)cc3)cc2)C[C@H]1O. The molecule has 0 aromatic heterocycles. The van der Waals surface area contributed by atoms with Crippen molar-refractivity contribution in [2.24, 2.45) is 5.92 Å². The van der Waals surface area contributed by atoms with Crippen LogP contribution < -0.4 is 5.32 Å². The van der Waals surface area contributed by atoms with Gasteiger partial charge in [-0.1, -0.05) is 48.0 Å². The van der Waals surface area contributed by atoms with E-state index >= 15 is 0 Å². The Morgan fingerprint density at radius 1 is 0.960 bits per heavy atom. The Kier molecular flexibility index (Phi) is 5.52. The van der Waals surface area contributed by atoms with Crippen LogP contribution in [0.5, 0.6) is 0 Å². The van der Waals surface area contributed by atoms with Gasteiger partial charge in [0.2, 0.25) is 0 Å². The molecule has 0 unspecified atom stereocenters. The fourth-order valence-corrected chi connectivity index (χ4v) is 3.93. The van der Waals surface area contributed by atoms with E-state index < -0.39 is 0 Å². The first-order chi connectivity index (χ1) is 11.8. The van der Waals surface area contributed by atoms with Gasteiger partial charge in [-0.05, 0) is 74.8 Å². The zero-order valence-corrected chi connectivity index (χ0v) is 16.1. The molecule has 3 rings (SSSR count). The van der Waals surface area contributed by atoms with Crippen LogP contribution in [0.15, 0.2) is 48.5 Å². The van der Waals surface area contributed by atoms with Gasteiger partial charge in [-0.25, -0.2) is 0 Å². The number of nitrogens with one attached hydrogen (secondary N) is 1. The van der Waals surface area contributed by atoms with Crippen molar-refractivity contribution >= 4 is 11.6 Å². The van der Waals surface area contributed by atoms with E-state index in [1.165, 1.54) is 16.7 Å². The molecule has 2 nitrogen and oxygen atoms in total. The van der Waals surface area contributed by atoms with Crippen molar-refractivity contribution in [3.8, 4) is 11.1 Å². The molecule has 0 saturated heterocycles. The highest BCUT2D eigenvalue weighted by Gasteiger charge is 2.34. The molecule has 1 aliphatic carbocycles. The number of benzene rings is 2. The average molecular weight is 358 g/mol. The van der Waals surface area contributed by atoms with Gasteiger partial charge in [0.05, 0.1) is 6.10 Å². The summed E-state index contributed by atoms with van der Waals surface area (Å²) in [7, 11) is 0. The Hall–Kier alpha value is -1.35. The summed E-state index contributed by atoms with van der Waals surface area (Å²) < 4.78 is 0. The van der Waals surface area contributed by atoms with Gasteiger partial charge >= 0.3 is 0 Å². The predicted molar refractivity (Wildman–Crippen MR) is 106 cm³/mol. The van der Waals surface area contributed by atoms with Gasteiger partial charge in [-0.2, -0.15) is 0 Å². The van der Waals surface area contributed by atoms with Gasteiger partial charge in [-0.3, -0.25) is 0 Å². The highest BCUT2D eigenvalue weighted by atomic mass is 35.5. The second-order valence-corrected chi connectivity index (χ2v) is 8.75. The first-order valence-corrected chi connectivity index (χ1v) is 9.48. The normalized spacial score (nSPS) is 23.8. The zero-order chi connectivity index (χ0) is 18.0. The molecule has 0 radical (unpaired) electrons. The highest BCUT2D eigenvalue weighted by molar-refractivity contribution is 6.30. The van der Waals surface area contributed by atoms with Gasteiger partial charge in [0.1, 0.15) is 0 Å². The van der Waals surface area contributed by atoms with Gasteiger partial charge in [0.25, 0.3) is 0 Å². The van der Waals surface area contributed by atoms with Crippen molar-refractivity contribution in [1.29, 1.82) is 0 Å². The molecule has 0 spiro atoms. The van der Waals surface area contributed by atoms with Crippen molar-refractivity contribution in [3.05, 3.63) is 59.1 Å². The second-order valence-electron chi connectivity index (χ2n) is 8.31. The minimum atomic E-state index is -0.238. The smallest absolute Gasteiger partial charge is 0.0696 e. The van der Waals surface area contributed by atoms with Crippen molar-refractivity contribution < 1.29 is 5.11 Å². The zero-order valence-electron chi connectivity index (χ0n) is 15.3. The molecule has 25 heavy (non-hydrogen) atoms. The largest absolute Gasteiger partial charge is 0.391 e. The molecule has 3 heteroatoms. The van der Waals surface area contributed by atoms with Crippen LogP contribution >= 0.6 is 11.6 Å². The molecular weight excluding hydrogens is 330 g/mol. The summed E-state index contributed by atoms with van der Waals surface area (Å²) >= 11 is 5.96. The summed E-state index contributed by atoms with van der Waals surface area (Å²) in [6.07, 6.45) is 2.71. The average Bonchev–Trinajstić information content (AvgIpc) is 2.86. The molecule has 1 fully saturated rings. The van der Waals surface area contributed by atoms with Crippen molar-refractivity contribution in [2.45, 2.75) is 57.7 Å². The van der Waals surface area contributed by atoms with Gasteiger partial charge in [-0.15, -0.1) is 0 Å². The third-order valence-electron chi connectivity index (χ3n) is 4.90. The summed E-state index contributed by atoms with van der Waals surface area (Å²) in [5.74, 6) is 0.538. The van der Waals surface area contributed by atoms with E-state index in [1.807, 2.05) is 24.3 Å². The third-order valence-corrected chi connectivity index (χ3v) is 5.15. The van der Waals surface area contributed by atoms with E-state index in [9.17, 15) is 5.11 Å². The van der Waals surface area contributed by atoms with Crippen molar-refractivity contribution in [2.75, 3.05) is 0 Å². The van der Waals surface area contributed by atoms with Gasteiger partial charge < -0.3 is 10.4 Å². The van der Waals surface area contributed by atoms with Crippen LogP contribution in [0.4, 0.5) is 0 Å². The highest BCUT2D eigenvalue weighted by Crippen LogP contribution is 2.31. The minimum Gasteiger partial charge on any atom is -0.391 e. The van der Waals surface area contributed by atoms with Gasteiger partial charge in [0.15, 0.2) is 0 Å². The lowest BCUT2D eigenvalue weighted by Gasteiger charge is -2.27. The van der Waals surface area contributed by atoms with E-state index in [4.69, 9.17) is 11.6 Å². The fourth-order valence-electron chi connectivity index (χ4n) is 3.81. The maximum atomic E-state index is 10.3. The summed E-state index contributed by atoms with van der Waals surface area (Å²) in [5, 5.41) is 14.7. The van der Waals surface area contributed by atoms with Crippen LogP contribution in [0.3, 0.4) is 0 Å². The lowest BCUT2D eigenvalue weighted by molar-refractivity contribution is 0.133. The molecule has 2 aromatic carbocycles. The number of rotatable bonds is 4. The molecule has 3 atom stereocenters. The Morgan fingerprint density at radius 3 is 2.08 bits per heavy atom. The maximum absolute atomic E-state index is 10.3. The minimum absolute atomic E-state index is 0.0424. The third kappa shape index (κ3) is 5.07. The molecule has 0 aliphatic heterocycles. The Morgan fingerprint density at radius 2 is 1.52 bits per heavy atom. The van der Waals surface area contributed by atoms with E-state index in [0.717, 1.165) is 24.3 Å². The number of aliphatic hydroxyl groups excluding tert-OH is 1.